The first-order valence-corrected chi connectivity index (χ1v) is 4.13. The van der Waals surface area contributed by atoms with Crippen molar-refractivity contribution in [1.29, 1.82) is 0 Å². The maximum Gasteiger partial charge on any atom is 0.328 e. The third kappa shape index (κ3) is 2.51. The van der Waals surface area contributed by atoms with E-state index in [1.807, 2.05) is 0 Å². The molecule has 0 radical (unpaired) electrons. The molecule has 3 N–H and O–H groups in total. The quantitative estimate of drug-likeness (QED) is 0.324. The fourth-order valence-corrected chi connectivity index (χ4v) is 1.19. The molecule has 0 aliphatic carbocycles. The van der Waals surface area contributed by atoms with Gasteiger partial charge in [0.1, 0.15) is 0 Å². The average molecular weight is 201 g/mol. The van der Waals surface area contributed by atoms with Crippen LogP contribution in [0.25, 0.3) is 0 Å². The van der Waals surface area contributed by atoms with E-state index in [4.69, 9.17) is 5.84 Å². The Kier molecular flexibility index (Phi) is 3.55. The number of imide groups is 1. The molecule has 0 saturated carbocycles. The molecule has 1 aliphatic heterocycles. The number of hydrazine groups is 1. The number of hydrogen-bond acceptors (Lipinski definition) is 6. The van der Waals surface area contributed by atoms with Gasteiger partial charge in [0.15, 0.2) is 0 Å². The van der Waals surface area contributed by atoms with Crippen molar-refractivity contribution in [2.45, 2.75) is 19.3 Å². The van der Waals surface area contributed by atoms with E-state index in [2.05, 4.69) is 4.84 Å². The lowest BCUT2D eigenvalue weighted by Crippen LogP contribution is -2.33. The van der Waals surface area contributed by atoms with Crippen LogP contribution in [0.15, 0.2) is 0 Å². The van der Waals surface area contributed by atoms with Crippen LogP contribution in [0, 0.1) is 0 Å². The minimum absolute atomic E-state index is 0.0537. The summed E-state index contributed by atoms with van der Waals surface area (Å²) in [4.78, 5) is 38.2. The molecule has 0 spiro atoms. The number of hydrogen-bond donors (Lipinski definition) is 2. The molecule has 1 aliphatic rings. The molecule has 7 nitrogen and oxygen atoms in total. The molecule has 7 heteroatoms. The minimum atomic E-state index is -0.611. The van der Waals surface area contributed by atoms with Crippen molar-refractivity contribution in [3.63, 3.8) is 0 Å². The molecule has 78 valence electrons. The van der Waals surface area contributed by atoms with Crippen LogP contribution in [0.1, 0.15) is 19.3 Å². The number of carbonyl (C=O) groups is 3. The molecule has 0 aromatic carbocycles. The van der Waals surface area contributed by atoms with E-state index >= 15 is 0 Å². The summed E-state index contributed by atoms with van der Waals surface area (Å²) in [7, 11) is 0. The van der Waals surface area contributed by atoms with E-state index in [-0.39, 0.29) is 37.6 Å². The first-order chi connectivity index (χ1) is 6.65. The minimum Gasteiger partial charge on any atom is -0.356 e. The van der Waals surface area contributed by atoms with Crippen molar-refractivity contribution in [2.75, 3.05) is 6.54 Å². The summed E-state index contributed by atoms with van der Waals surface area (Å²) < 4.78 is 0. The van der Waals surface area contributed by atoms with E-state index in [0.717, 1.165) is 4.90 Å². The molecule has 0 aromatic heterocycles. The van der Waals surface area contributed by atoms with Gasteiger partial charge in [0, 0.05) is 19.4 Å². The molecule has 1 fully saturated rings. The van der Waals surface area contributed by atoms with E-state index in [1.165, 1.54) is 0 Å². The highest BCUT2D eigenvalue weighted by Gasteiger charge is 2.28. The van der Waals surface area contributed by atoms with Gasteiger partial charge in [0.25, 0.3) is 0 Å². The summed E-state index contributed by atoms with van der Waals surface area (Å²) in [6.45, 7) is 0.0537. The number of likely N-dealkylation sites (tertiary alicyclic amines) is 1. The third-order valence-electron chi connectivity index (χ3n) is 1.87. The molecule has 0 unspecified atom stereocenters. The Morgan fingerprint density at radius 2 is 2.00 bits per heavy atom. The topological polar surface area (TPSA) is 102 Å². The number of rotatable bonds is 4. The second-order valence-electron chi connectivity index (χ2n) is 2.78. The third-order valence-corrected chi connectivity index (χ3v) is 1.87. The molecular formula is C7H11N3O4. The van der Waals surface area contributed by atoms with Crippen LogP contribution in [-0.2, 0) is 19.2 Å². The van der Waals surface area contributed by atoms with Crippen molar-refractivity contribution in [1.82, 2.24) is 10.5 Å². The maximum atomic E-state index is 11.1. The SMILES string of the molecule is NNOC(=O)CCN1C(=O)CCC1=O. The number of carbonyl (C=O) groups excluding carboxylic acids is 3. The van der Waals surface area contributed by atoms with Crippen LogP contribution in [0.3, 0.4) is 0 Å². The predicted molar refractivity (Wildman–Crippen MR) is 44.0 cm³/mol. The Labute approximate surface area is 80.1 Å². The van der Waals surface area contributed by atoms with Crippen molar-refractivity contribution in [2.24, 2.45) is 5.84 Å². The zero-order valence-corrected chi connectivity index (χ0v) is 7.49. The highest BCUT2D eigenvalue weighted by Crippen LogP contribution is 2.11. The zero-order chi connectivity index (χ0) is 10.6. The first kappa shape index (κ1) is 10.6. The van der Waals surface area contributed by atoms with E-state index < -0.39 is 5.97 Å². The molecule has 0 bridgehead atoms. The fourth-order valence-electron chi connectivity index (χ4n) is 1.19. The van der Waals surface area contributed by atoms with Gasteiger partial charge < -0.3 is 4.84 Å². The maximum absolute atomic E-state index is 11.1. The van der Waals surface area contributed by atoms with E-state index in [0.29, 0.717) is 0 Å². The lowest BCUT2D eigenvalue weighted by atomic mass is 10.4. The molecule has 0 aromatic rings. The molecule has 0 atom stereocenters. The lowest BCUT2D eigenvalue weighted by molar-refractivity contribution is -0.152. The van der Waals surface area contributed by atoms with Crippen LogP contribution in [-0.4, -0.2) is 29.2 Å². The average Bonchev–Trinajstić information content (AvgIpc) is 2.44. The Morgan fingerprint density at radius 3 is 2.50 bits per heavy atom. The largest absolute Gasteiger partial charge is 0.356 e. The molecule has 1 saturated heterocycles. The standard InChI is InChI=1S/C7H11N3O4/c8-9-14-7(13)3-4-10-5(11)1-2-6(10)12/h9H,1-4,8H2. The second-order valence-corrected chi connectivity index (χ2v) is 2.78. The van der Waals surface area contributed by atoms with Crippen LogP contribution in [0.5, 0.6) is 0 Å². The predicted octanol–water partition coefficient (Wildman–Crippen LogP) is -1.55. The van der Waals surface area contributed by atoms with Crippen molar-refractivity contribution in [3.05, 3.63) is 0 Å². The van der Waals surface area contributed by atoms with Crippen molar-refractivity contribution < 1.29 is 19.2 Å². The second kappa shape index (κ2) is 4.68. The number of nitrogens with zero attached hydrogens (tertiary/aromatic N) is 1. The van der Waals surface area contributed by atoms with Crippen molar-refractivity contribution >= 4 is 17.8 Å². The first-order valence-electron chi connectivity index (χ1n) is 4.13. The Balaban J connectivity index is 2.33. The lowest BCUT2D eigenvalue weighted by Gasteiger charge is -2.12. The molecule has 1 rings (SSSR count). The normalized spacial score (nSPS) is 16.2. The molecular weight excluding hydrogens is 190 g/mol. The molecule has 14 heavy (non-hydrogen) atoms. The number of nitrogens with one attached hydrogen (secondary N) is 1. The Hall–Kier alpha value is -1.47. The Bertz CT molecular complexity index is 250. The highest BCUT2D eigenvalue weighted by atomic mass is 16.7. The van der Waals surface area contributed by atoms with E-state index in [9.17, 15) is 14.4 Å². The number of nitrogens with two attached hydrogens (primary N) is 1. The highest BCUT2D eigenvalue weighted by molar-refractivity contribution is 6.02. The van der Waals surface area contributed by atoms with Gasteiger partial charge in [-0.05, 0) is 0 Å². The smallest absolute Gasteiger partial charge is 0.328 e. The van der Waals surface area contributed by atoms with Gasteiger partial charge in [-0.15, -0.1) is 0 Å². The summed E-state index contributed by atoms with van der Waals surface area (Å²) in [5.41, 5.74) is 1.73. The summed E-state index contributed by atoms with van der Waals surface area (Å²) in [5.74, 6) is 3.62. The summed E-state index contributed by atoms with van der Waals surface area (Å²) >= 11 is 0. The van der Waals surface area contributed by atoms with Crippen LogP contribution >= 0.6 is 0 Å². The van der Waals surface area contributed by atoms with Crippen LogP contribution < -0.4 is 11.4 Å². The van der Waals surface area contributed by atoms with Crippen LogP contribution in [0.2, 0.25) is 0 Å². The molecule has 2 amide bonds. The van der Waals surface area contributed by atoms with Crippen LogP contribution in [0.4, 0.5) is 0 Å². The Morgan fingerprint density at radius 1 is 1.43 bits per heavy atom. The summed E-state index contributed by atoms with van der Waals surface area (Å²) in [6.07, 6.45) is 0.397. The molecule has 1 heterocycles. The summed E-state index contributed by atoms with van der Waals surface area (Å²) in [6, 6.07) is 0. The van der Waals surface area contributed by atoms with Gasteiger partial charge in [-0.2, -0.15) is 0 Å². The zero-order valence-electron chi connectivity index (χ0n) is 7.49. The summed E-state index contributed by atoms with van der Waals surface area (Å²) in [5, 5.41) is 0. The van der Waals surface area contributed by atoms with Gasteiger partial charge in [-0.3, -0.25) is 19.3 Å². The fraction of sp³-hybridized carbons (Fsp3) is 0.571. The van der Waals surface area contributed by atoms with E-state index in [1.54, 1.807) is 5.59 Å². The monoisotopic (exact) mass is 201 g/mol. The van der Waals surface area contributed by atoms with Gasteiger partial charge in [0.05, 0.1) is 6.42 Å². The van der Waals surface area contributed by atoms with Gasteiger partial charge in [0.2, 0.25) is 11.8 Å². The van der Waals surface area contributed by atoms with Crippen molar-refractivity contribution in [3.8, 4) is 0 Å². The van der Waals surface area contributed by atoms with Gasteiger partial charge in [-0.1, -0.05) is 5.59 Å². The van der Waals surface area contributed by atoms with Gasteiger partial charge in [-0.25, -0.2) is 5.84 Å². The van der Waals surface area contributed by atoms with Gasteiger partial charge >= 0.3 is 5.97 Å². The number of amides is 2.